The van der Waals surface area contributed by atoms with E-state index in [0.717, 1.165) is 0 Å². The molecule has 0 aliphatic carbocycles. The molecule has 2 aromatic rings. The third kappa shape index (κ3) is 4.38. The third-order valence-corrected chi connectivity index (χ3v) is 5.50. The molecule has 0 aromatic heterocycles. The van der Waals surface area contributed by atoms with E-state index in [4.69, 9.17) is 26.2 Å². The first-order valence-electron chi connectivity index (χ1n) is 8.35. The Morgan fingerprint density at radius 1 is 1.21 bits per heavy atom. The van der Waals surface area contributed by atoms with Crippen LogP contribution >= 0.6 is 23.4 Å². The molecule has 29 heavy (non-hydrogen) atoms. The molecule has 150 valence electrons. The molecule has 0 unspecified atom stereocenters. The van der Waals surface area contributed by atoms with Gasteiger partial charge in [0.05, 0.1) is 35.4 Å². The first kappa shape index (κ1) is 20.8. The number of likely N-dealkylation sites (N-methyl/N-ethyl adjacent to an activating group) is 1. The van der Waals surface area contributed by atoms with Crippen LogP contribution in [-0.2, 0) is 4.79 Å². The molecule has 1 saturated heterocycles. The number of nitrogens with zero attached hydrogens (tertiary/aromatic N) is 2. The summed E-state index contributed by atoms with van der Waals surface area (Å²) in [4.78, 5) is 30.0. The number of hydrogen-bond acceptors (Lipinski definition) is 6. The van der Waals surface area contributed by atoms with Crippen molar-refractivity contribution < 1.29 is 24.2 Å². The lowest BCUT2D eigenvalue weighted by atomic mass is 10.1. The number of amidine groups is 1. The lowest BCUT2D eigenvalue weighted by Crippen LogP contribution is -2.23. The lowest BCUT2D eigenvalue weighted by molar-refractivity contribution is -0.121. The molecule has 0 bridgehead atoms. The van der Waals surface area contributed by atoms with Crippen LogP contribution in [-0.4, -0.2) is 48.3 Å². The Kier molecular flexibility index (Phi) is 6.14. The van der Waals surface area contributed by atoms with Gasteiger partial charge in [0.2, 0.25) is 0 Å². The van der Waals surface area contributed by atoms with Crippen molar-refractivity contribution in [2.75, 3.05) is 21.3 Å². The van der Waals surface area contributed by atoms with Crippen molar-refractivity contribution in [3.63, 3.8) is 0 Å². The van der Waals surface area contributed by atoms with E-state index in [1.54, 1.807) is 37.4 Å². The molecule has 1 N–H and O–H groups in total. The van der Waals surface area contributed by atoms with Gasteiger partial charge in [0.1, 0.15) is 0 Å². The normalized spacial score (nSPS) is 16.6. The molecule has 2 aromatic carbocycles. The Bertz CT molecular complexity index is 1050. The van der Waals surface area contributed by atoms with Crippen molar-refractivity contribution in [2.45, 2.75) is 0 Å². The van der Waals surface area contributed by atoms with E-state index in [1.165, 1.54) is 43.0 Å². The van der Waals surface area contributed by atoms with Crippen LogP contribution in [0, 0.1) is 0 Å². The van der Waals surface area contributed by atoms with Gasteiger partial charge in [-0.05, 0) is 47.7 Å². The summed E-state index contributed by atoms with van der Waals surface area (Å²) < 4.78 is 10.5. The fraction of sp³-hybridized carbons (Fsp3) is 0.150. The first-order valence-corrected chi connectivity index (χ1v) is 9.54. The smallest absolute Gasteiger partial charge is 0.335 e. The van der Waals surface area contributed by atoms with Gasteiger partial charge >= 0.3 is 5.97 Å². The van der Waals surface area contributed by atoms with Gasteiger partial charge in [-0.25, -0.2) is 9.79 Å². The number of amides is 1. The number of carboxylic acid groups (broad SMARTS) is 1. The van der Waals surface area contributed by atoms with E-state index in [1.807, 2.05) is 0 Å². The zero-order valence-corrected chi connectivity index (χ0v) is 17.4. The number of thioether (sulfide) groups is 1. The van der Waals surface area contributed by atoms with Crippen molar-refractivity contribution in [1.82, 2.24) is 4.90 Å². The summed E-state index contributed by atoms with van der Waals surface area (Å²) in [6, 6.07) is 9.50. The van der Waals surface area contributed by atoms with Gasteiger partial charge in [0.25, 0.3) is 5.91 Å². The van der Waals surface area contributed by atoms with Crippen LogP contribution in [0.4, 0.5) is 5.69 Å². The monoisotopic (exact) mass is 432 g/mol. The van der Waals surface area contributed by atoms with Gasteiger partial charge in [0, 0.05) is 13.1 Å². The predicted molar refractivity (Wildman–Crippen MR) is 113 cm³/mol. The topological polar surface area (TPSA) is 88.4 Å². The van der Waals surface area contributed by atoms with Gasteiger partial charge in [-0.1, -0.05) is 17.7 Å². The number of carboxylic acids is 1. The standard InChI is InChI=1S/C20H17ClN2O5S/c1-23-18(24)17(9-12-8-15(27-2)16(28-3)10-14(12)21)29-20(23)22-13-6-4-5-11(7-13)19(25)26/h4-10H,1-3H3,(H,25,26)/b17-9+,22-20?. The number of hydrogen-bond donors (Lipinski definition) is 1. The van der Waals surface area contributed by atoms with Crippen LogP contribution in [0.3, 0.4) is 0 Å². The summed E-state index contributed by atoms with van der Waals surface area (Å²) >= 11 is 7.48. The molecule has 9 heteroatoms. The van der Waals surface area contributed by atoms with Gasteiger partial charge in [-0.2, -0.15) is 0 Å². The number of rotatable bonds is 5. The number of aromatic carboxylic acids is 1. The minimum atomic E-state index is -1.04. The molecule has 0 radical (unpaired) electrons. The number of benzene rings is 2. The summed E-state index contributed by atoms with van der Waals surface area (Å²) in [6.45, 7) is 0. The van der Waals surface area contributed by atoms with E-state index >= 15 is 0 Å². The van der Waals surface area contributed by atoms with Crippen molar-refractivity contribution in [2.24, 2.45) is 4.99 Å². The van der Waals surface area contributed by atoms with Crippen LogP contribution in [0.25, 0.3) is 6.08 Å². The number of carbonyl (C=O) groups excluding carboxylic acids is 1. The quantitative estimate of drug-likeness (QED) is 0.709. The average Bonchev–Trinajstić information content (AvgIpc) is 2.97. The minimum absolute atomic E-state index is 0.122. The number of carbonyl (C=O) groups is 2. The average molecular weight is 433 g/mol. The Morgan fingerprint density at radius 3 is 2.55 bits per heavy atom. The van der Waals surface area contributed by atoms with E-state index < -0.39 is 5.97 Å². The fourth-order valence-corrected chi connectivity index (χ4v) is 3.78. The van der Waals surface area contributed by atoms with Crippen LogP contribution in [0.5, 0.6) is 11.5 Å². The fourth-order valence-electron chi connectivity index (χ4n) is 2.59. The van der Waals surface area contributed by atoms with Gasteiger partial charge in [-0.3, -0.25) is 9.69 Å². The molecule has 1 amide bonds. The second kappa shape index (κ2) is 8.59. The highest BCUT2D eigenvalue weighted by Crippen LogP contribution is 2.38. The maximum atomic E-state index is 12.6. The Balaban J connectivity index is 1.95. The van der Waals surface area contributed by atoms with Crippen LogP contribution in [0.1, 0.15) is 15.9 Å². The third-order valence-electron chi connectivity index (χ3n) is 4.11. The first-order chi connectivity index (χ1) is 13.8. The summed E-state index contributed by atoms with van der Waals surface area (Å²) in [6.07, 6.45) is 1.66. The van der Waals surface area contributed by atoms with Gasteiger partial charge in [-0.15, -0.1) is 0 Å². The Labute approximate surface area is 176 Å². The molecule has 1 aliphatic rings. The summed E-state index contributed by atoms with van der Waals surface area (Å²) in [5.74, 6) is -0.303. The van der Waals surface area contributed by atoms with E-state index in [9.17, 15) is 9.59 Å². The van der Waals surface area contributed by atoms with E-state index in [-0.39, 0.29) is 11.5 Å². The Morgan fingerprint density at radius 2 is 1.90 bits per heavy atom. The van der Waals surface area contributed by atoms with E-state index in [0.29, 0.717) is 37.8 Å². The molecule has 1 aliphatic heterocycles. The van der Waals surface area contributed by atoms with Gasteiger partial charge < -0.3 is 14.6 Å². The highest BCUT2D eigenvalue weighted by Gasteiger charge is 2.30. The van der Waals surface area contributed by atoms with Crippen molar-refractivity contribution in [3.8, 4) is 11.5 Å². The maximum Gasteiger partial charge on any atom is 0.335 e. The van der Waals surface area contributed by atoms with Crippen LogP contribution in [0.15, 0.2) is 46.3 Å². The summed E-state index contributed by atoms with van der Waals surface area (Å²) in [5, 5.41) is 9.96. The number of aliphatic imine (C=N–C) groups is 1. The molecule has 1 fully saturated rings. The zero-order valence-electron chi connectivity index (χ0n) is 15.8. The largest absolute Gasteiger partial charge is 0.493 e. The number of ether oxygens (including phenoxy) is 2. The molecular weight excluding hydrogens is 416 g/mol. The summed E-state index contributed by atoms with van der Waals surface area (Å²) in [5.41, 5.74) is 1.16. The molecule has 0 saturated carbocycles. The number of halogens is 1. The van der Waals surface area contributed by atoms with Crippen molar-refractivity contribution >= 4 is 52.2 Å². The highest BCUT2D eigenvalue weighted by molar-refractivity contribution is 8.18. The molecule has 3 rings (SSSR count). The van der Waals surface area contributed by atoms with Crippen molar-refractivity contribution in [1.29, 1.82) is 0 Å². The zero-order chi connectivity index (χ0) is 21.1. The SMILES string of the molecule is COc1cc(Cl)c(/C=C2/SC(=Nc3cccc(C(=O)O)c3)N(C)C2=O)cc1OC. The van der Waals surface area contributed by atoms with Crippen LogP contribution < -0.4 is 9.47 Å². The van der Waals surface area contributed by atoms with E-state index in [2.05, 4.69) is 4.99 Å². The van der Waals surface area contributed by atoms with Gasteiger partial charge in [0.15, 0.2) is 16.7 Å². The molecule has 0 atom stereocenters. The minimum Gasteiger partial charge on any atom is -0.493 e. The second-order valence-electron chi connectivity index (χ2n) is 5.95. The molecule has 1 heterocycles. The van der Waals surface area contributed by atoms with Crippen molar-refractivity contribution in [3.05, 3.63) is 57.5 Å². The highest BCUT2D eigenvalue weighted by atomic mass is 35.5. The Hall–Kier alpha value is -2.97. The summed E-state index contributed by atoms with van der Waals surface area (Å²) in [7, 11) is 4.63. The molecular formula is C20H17ClN2O5S. The second-order valence-corrected chi connectivity index (χ2v) is 7.37. The number of methoxy groups -OCH3 is 2. The van der Waals surface area contributed by atoms with Crippen LogP contribution in [0.2, 0.25) is 5.02 Å². The predicted octanol–water partition coefficient (Wildman–Crippen LogP) is 4.29. The maximum absolute atomic E-state index is 12.6. The lowest BCUT2D eigenvalue weighted by Gasteiger charge is -2.10. The molecule has 0 spiro atoms. The molecule has 7 nitrogen and oxygen atoms in total.